The molecule has 2 aliphatic heterocycles. The van der Waals surface area contributed by atoms with Crippen LogP contribution in [0.25, 0.3) is 11.3 Å². The van der Waals surface area contributed by atoms with Crippen molar-refractivity contribution in [2.75, 3.05) is 43.8 Å². The molecule has 2 aliphatic rings. The van der Waals surface area contributed by atoms with Crippen molar-refractivity contribution in [2.24, 2.45) is 0 Å². The van der Waals surface area contributed by atoms with Crippen LogP contribution in [0.15, 0.2) is 18.6 Å². The number of aromatic nitrogens is 4. The number of nitrogens with zero attached hydrogens (tertiary/aromatic N) is 6. The Labute approximate surface area is 227 Å². The van der Waals surface area contributed by atoms with Crippen LogP contribution in [-0.4, -0.2) is 92.6 Å². The molecule has 2 aromatic rings. The molecule has 2 aromatic heterocycles. The van der Waals surface area contributed by atoms with Gasteiger partial charge in [-0.15, -0.1) is 0 Å². The minimum atomic E-state index is -4.67. The van der Waals surface area contributed by atoms with Crippen LogP contribution in [0.1, 0.15) is 57.9 Å². The molecule has 0 aromatic carbocycles. The Morgan fingerprint density at radius 1 is 1.08 bits per heavy atom. The summed E-state index contributed by atoms with van der Waals surface area (Å²) >= 11 is 0. The number of unbranched alkanes of at least 4 members (excludes halogenated alkanes) is 1. The van der Waals surface area contributed by atoms with Gasteiger partial charge in [-0.1, -0.05) is 0 Å². The smallest absolute Gasteiger partial charge is 0.389 e. The fourth-order valence-corrected chi connectivity index (χ4v) is 6.66. The number of sulfonamides is 1. The molecule has 10 nitrogen and oxygen atoms in total. The van der Waals surface area contributed by atoms with Crippen LogP contribution in [0.4, 0.5) is 19.1 Å². The topological polar surface area (TPSA) is 116 Å². The van der Waals surface area contributed by atoms with Crippen LogP contribution >= 0.6 is 0 Å². The summed E-state index contributed by atoms with van der Waals surface area (Å²) in [5.41, 5.74) is -2.23. The third-order valence-electron chi connectivity index (χ3n) is 7.06. The Morgan fingerprint density at radius 3 is 2.41 bits per heavy atom. The number of hydrogen-bond acceptors (Lipinski definition) is 8. The molecule has 0 bridgehead atoms. The number of halogens is 3. The van der Waals surface area contributed by atoms with E-state index < -0.39 is 27.4 Å². The monoisotopic (exact) mass is 573 g/mol. The molecular formula is C25H38F3N7O3S. The van der Waals surface area contributed by atoms with Crippen molar-refractivity contribution in [2.45, 2.75) is 76.7 Å². The highest BCUT2D eigenvalue weighted by atomic mass is 32.2. The Kier molecular flexibility index (Phi) is 9.19. The number of alkyl halides is 3. The van der Waals surface area contributed by atoms with Gasteiger partial charge in [-0.25, -0.2) is 22.7 Å². The second-order valence-corrected chi connectivity index (χ2v) is 13.2. The van der Waals surface area contributed by atoms with Crippen molar-refractivity contribution in [1.29, 1.82) is 0 Å². The van der Waals surface area contributed by atoms with Gasteiger partial charge in [0.15, 0.2) is 0 Å². The van der Waals surface area contributed by atoms with Gasteiger partial charge in [0.2, 0.25) is 16.0 Å². The summed E-state index contributed by atoms with van der Waals surface area (Å²) in [6, 6.07) is -0.172. The van der Waals surface area contributed by atoms with Gasteiger partial charge in [-0.2, -0.15) is 18.3 Å². The Morgan fingerprint density at radius 2 is 1.77 bits per heavy atom. The lowest BCUT2D eigenvalue weighted by Crippen LogP contribution is -2.43. The van der Waals surface area contributed by atoms with Gasteiger partial charge in [0, 0.05) is 37.1 Å². The normalized spacial score (nSPS) is 18.6. The van der Waals surface area contributed by atoms with E-state index >= 15 is 0 Å². The van der Waals surface area contributed by atoms with E-state index in [1.54, 1.807) is 13.8 Å². The summed E-state index contributed by atoms with van der Waals surface area (Å²) in [6.45, 7) is 7.07. The third kappa shape index (κ3) is 8.35. The third-order valence-corrected chi connectivity index (χ3v) is 9.01. The highest BCUT2D eigenvalue weighted by molar-refractivity contribution is 7.89. The van der Waals surface area contributed by atoms with Crippen LogP contribution < -0.4 is 5.32 Å². The molecule has 2 saturated heterocycles. The molecule has 4 heterocycles. The molecule has 218 valence electrons. The number of rotatable bonds is 11. The number of likely N-dealkylation sites (tertiary alicyclic amines) is 1. The molecule has 0 saturated carbocycles. The fourth-order valence-electron chi connectivity index (χ4n) is 5.06. The van der Waals surface area contributed by atoms with Gasteiger partial charge < -0.3 is 15.3 Å². The number of aliphatic hydroxyl groups is 1. The zero-order valence-electron chi connectivity index (χ0n) is 22.5. The maximum Gasteiger partial charge on any atom is 0.419 e. The lowest BCUT2D eigenvalue weighted by Gasteiger charge is -2.31. The number of anilines is 1. The van der Waals surface area contributed by atoms with Crippen molar-refractivity contribution < 1.29 is 26.7 Å². The minimum Gasteiger partial charge on any atom is -0.389 e. The summed E-state index contributed by atoms with van der Waals surface area (Å²) in [5, 5.41) is 17.2. The summed E-state index contributed by atoms with van der Waals surface area (Å²) in [7, 11) is -3.35. The minimum absolute atomic E-state index is 0.0384. The van der Waals surface area contributed by atoms with Gasteiger partial charge in [-0.05, 0) is 72.0 Å². The maximum atomic E-state index is 13.7. The van der Waals surface area contributed by atoms with Gasteiger partial charge in [0.1, 0.15) is 5.56 Å². The predicted molar refractivity (Wildman–Crippen MR) is 141 cm³/mol. The molecule has 4 rings (SSSR count). The molecule has 2 fully saturated rings. The average Bonchev–Trinajstić information content (AvgIpc) is 3.53. The van der Waals surface area contributed by atoms with Gasteiger partial charge in [-0.3, -0.25) is 4.68 Å². The van der Waals surface area contributed by atoms with Crippen LogP contribution in [0.5, 0.6) is 0 Å². The van der Waals surface area contributed by atoms with E-state index in [0.29, 0.717) is 32.4 Å². The van der Waals surface area contributed by atoms with E-state index in [1.807, 2.05) is 0 Å². The summed E-state index contributed by atoms with van der Waals surface area (Å²) < 4.78 is 69.6. The summed E-state index contributed by atoms with van der Waals surface area (Å²) in [6.07, 6.45) is 3.69. The van der Waals surface area contributed by atoms with E-state index in [9.17, 15) is 26.7 Å². The first-order valence-electron chi connectivity index (χ1n) is 13.5. The number of piperidine rings is 1. The van der Waals surface area contributed by atoms with Gasteiger partial charge >= 0.3 is 6.18 Å². The van der Waals surface area contributed by atoms with Crippen LogP contribution in [0.3, 0.4) is 0 Å². The summed E-state index contributed by atoms with van der Waals surface area (Å²) in [4.78, 5) is 10.4. The van der Waals surface area contributed by atoms with E-state index in [0.717, 1.165) is 32.3 Å². The first kappa shape index (κ1) is 29.7. The van der Waals surface area contributed by atoms with Crippen LogP contribution in [0, 0.1) is 0 Å². The van der Waals surface area contributed by atoms with Crippen molar-refractivity contribution in [3.8, 4) is 11.3 Å². The molecule has 0 aliphatic carbocycles. The molecular weight excluding hydrogens is 535 g/mol. The SMILES string of the molecule is CC(C)(O)Cn1cc(-c2nc(NC3CCN(S(=O)(=O)CCCCN4CCCC4)CC3)ncc2C(F)(F)F)cn1. The second-order valence-electron chi connectivity index (χ2n) is 11.1. The zero-order chi connectivity index (χ0) is 28.3. The lowest BCUT2D eigenvalue weighted by molar-refractivity contribution is -0.137. The quantitative estimate of drug-likeness (QED) is 0.394. The maximum absolute atomic E-state index is 13.7. The zero-order valence-corrected chi connectivity index (χ0v) is 23.3. The van der Waals surface area contributed by atoms with E-state index in [4.69, 9.17) is 0 Å². The van der Waals surface area contributed by atoms with Gasteiger partial charge in [0.05, 0.1) is 29.8 Å². The van der Waals surface area contributed by atoms with Crippen molar-refractivity contribution in [1.82, 2.24) is 29.0 Å². The molecule has 14 heteroatoms. The van der Waals surface area contributed by atoms with E-state index in [1.165, 1.54) is 34.2 Å². The Balaban J connectivity index is 1.35. The van der Waals surface area contributed by atoms with Crippen molar-refractivity contribution in [3.63, 3.8) is 0 Å². The first-order chi connectivity index (χ1) is 18.3. The molecule has 0 atom stereocenters. The standard InChI is InChI=1S/C25H38F3N7O3S/c1-24(2,36)18-34-17-19(15-30-34)22-21(25(26,27)28)16-29-23(32-22)31-20-7-12-35(13-8-20)39(37,38)14-6-5-11-33-9-3-4-10-33/h15-17,20,36H,3-14,18H2,1-2H3,(H,29,31,32). The van der Waals surface area contributed by atoms with Crippen molar-refractivity contribution >= 4 is 16.0 Å². The second kappa shape index (κ2) is 12.1. The van der Waals surface area contributed by atoms with Gasteiger partial charge in [0.25, 0.3) is 0 Å². The lowest BCUT2D eigenvalue weighted by atomic mass is 10.1. The molecule has 0 radical (unpaired) electrons. The largest absolute Gasteiger partial charge is 0.419 e. The summed E-state index contributed by atoms with van der Waals surface area (Å²) in [5.74, 6) is 0.169. The van der Waals surface area contributed by atoms with Crippen LogP contribution in [-0.2, 0) is 22.7 Å². The first-order valence-corrected chi connectivity index (χ1v) is 15.1. The number of nitrogens with one attached hydrogen (secondary N) is 1. The van der Waals surface area contributed by atoms with E-state index in [-0.39, 0.29) is 35.5 Å². The molecule has 39 heavy (non-hydrogen) atoms. The Hall–Kier alpha value is -2.29. The molecule has 0 amide bonds. The molecule has 2 N–H and O–H groups in total. The molecule has 0 spiro atoms. The highest BCUT2D eigenvalue weighted by Gasteiger charge is 2.36. The predicted octanol–water partition coefficient (Wildman–Crippen LogP) is 3.21. The Bertz CT molecular complexity index is 1200. The molecule has 0 unspecified atom stereocenters. The van der Waals surface area contributed by atoms with E-state index in [2.05, 4.69) is 25.3 Å². The van der Waals surface area contributed by atoms with Crippen molar-refractivity contribution in [3.05, 3.63) is 24.2 Å². The fraction of sp³-hybridized carbons (Fsp3) is 0.720. The average molecular weight is 574 g/mol. The number of hydrogen-bond donors (Lipinski definition) is 2. The highest BCUT2D eigenvalue weighted by Crippen LogP contribution is 2.36. The van der Waals surface area contributed by atoms with Crippen LogP contribution in [0.2, 0.25) is 0 Å².